The van der Waals surface area contributed by atoms with Gasteiger partial charge >= 0.3 is 5.97 Å². The first-order valence-corrected chi connectivity index (χ1v) is 6.08. The highest BCUT2D eigenvalue weighted by atomic mass is 35.5. The van der Waals surface area contributed by atoms with E-state index in [9.17, 15) is 9.59 Å². The van der Waals surface area contributed by atoms with Crippen LogP contribution in [0.2, 0.25) is 10.0 Å². The molecular formula is C14H8Cl2O3. The van der Waals surface area contributed by atoms with E-state index in [-0.39, 0.29) is 11.1 Å². The van der Waals surface area contributed by atoms with Gasteiger partial charge in [0.25, 0.3) is 0 Å². The largest absolute Gasteiger partial charge is 0.478 e. The second-order valence-electron chi connectivity index (χ2n) is 3.83. The summed E-state index contributed by atoms with van der Waals surface area (Å²) in [6.45, 7) is 0. The Bertz CT molecular complexity index is 648. The predicted octanol–water partition coefficient (Wildman–Crippen LogP) is 3.92. The molecule has 0 amide bonds. The van der Waals surface area contributed by atoms with E-state index in [1.54, 1.807) is 12.1 Å². The summed E-state index contributed by atoms with van der Waals surface area (Å²) in [5, 5.41) is 9.89. The highest BCUT2D eigenvalue weighted by Gasteiger charge is 2.18. The average molecular weight is 295 g/mol. The van der Waals surface area contributed by atoms with Crippen LogP contribution in [0.5, 0.6) is 0 Å². The molecule has 0 fully saturated rings. The number of carbonyl (C=O) groups excluding carboxylic acids is 1. The molecule has 0 bridgehead atoms. The lowest BCUT2D eigenvalue weighted by Crippen LogP contribution is -2.09. The minimum atomic E-state index is -1.17. The number of carboxylic acid groups (broad SMARTS) is 1. The molecule has 0 aliphatic heterocycles. The summed E-state index contributed by atoms with van der Waals surface area (Å²) >= 11 is 11.6. The van der Waals surface area contributed by atoms with Gasteiger partial charge in [0, 0.05) is 21.2 Å². The fraction of sp³-hybridized carbons (Fsp3) is 0. The Kier molecular flexibility index (Phi) is 3.88. The fourth-order valence-electron chi connectivity index (χ4n) is 1.65. The molecule has 0 aliphatic rings. The SMILES string of the molecule is O=C(O)c1ccc(Cl)cc1C(=O)c1ccc(Cl)cc1. The van der Waals surface area contributed by atoms with Crippen molar-refractivity contribution in [1.29, 1.82) is 0 Å². The molecule has 1 N–H and O–H groups in total. The predicted molar refractivity (Wildman–Crippen MR) is 73.3 cm³/mol. The van der Waals surface area contributed by atoms with E-state index in [0.29, 0.717) is 15.6 Å². The quantitative estimate of drug-likeness (QED) is 0.873. The summed E-state index contributed by atoms with van der Waals surface area (Å²) in [5.74, 6) is -1.58. The summed E-state index contributed by atoms with van der Waals surface area (Å²) in [4.78, 5) is 23.4. The fourth-order valence-corrected chi connectivity index (χ4v) is 1.95. The van der Waals surface area contributed by atoms with Crippen molar-refractivity contribution in [2.45, 2.75) is 0 Å². The molecule has 0 saturated carbocycles. The Labute approximate surface area is 119 Å². The number of benzene rings is 2. The Morgan fingerprint density at radius 2 is 1.42 bits per heavy atom. The molecule has 0 unspecified atom stereocenters. The zero-order valence-corrected chi connectivity index (χ0v) is 11.1. The van der Waals surface area contributed by atoms with E-state index < -0.39 is 11.8 Å². The standard InChI is InChI=1S/C14H8Cl2O3/c15-9-3-1-8(2-4-9)13(17)12-7-10(16)5-6-11(12)14(18)19/h1-7H,(H,18,19). The summed E-state index contributed by atoms with van der Waals surface area (Å²) in [6, 6.07) is 10.3. The van der Waals surface area contributed by atoms with Crippen LogP contribution in [0.3, 0.4) is 0 Å². The van der Waals surface area contributed by atoms with Crippen molar-refractivity contribution in [3.63, 3.8) is 0 Å². The van der Waals surface area contributed by atoms with Gasteiger partial charge in [-0.05, 0) is 42.5 Å². The Morgan fingerprint density at radius 1 is 0.842 bits per heavy atom. The zero-order valence-electron chi connectivity index (χ0n) is 9.56. The summed E-state index contributed by atoms with van der Waals surface area (Å²) in [5.41, 5.74) is 0.334. The molecule has 3 nitrogen and oxygen atoms in total. The van der Waals surface area contributed by atoms with Crippen molar-refractivity contribution in [1.82, 2.24) is 0 Å². The van der Waals surface area contributed by atoms with Gasteiger partial charge < -0.3 is 5.11 Å². The molecule has 0 radical (unpaired) electrons. The highest BCUT2D eigenvalue weighted by Crippen LogP contribution is 2.20. The Hall–Kier alpha value is -1.84. The highest BCUT2D eigenvalue weighted by molar-refractivity contribution is 6.32. The minimum Gasteiger partial charge on any atom is -0.478 e. The molecule has 0 atom stereocenters. The van der Waals surface area contributed by atoms with Crippen molar-refractivity contribution < 1.29 is 14.7 Å². The van der Waals surface area contributed by atoms with E-state index in [2.05, 4.69) is 0 Å². The molecule has 0 spiro atoms. The number of hydrogen-bond acceptors (Lipinski definition) is 2. The molecule has 19 heavy (non-hydrogen) atoms. The van der Waals surface area contributed by atoms with E-state index in [1.165, 1.54) is 30.3 Å². The van der Waals surface area contributed by atoms with Gasteiger partial charge in [-0.3, -0.25) is 4.79 Å². The first-order valence-electron chi connectivity index (χ1n) is 5.32. The molecule has 0 aliphatic carbocycles. The maximum absolute atomic E-state index is 12.3. The Balaban J connectivity index is 2.51. The van der Waals surface area contributed by atoms with Crippen LogP contribution >= 0.6 is 23.2 Å². The van der Waals surface area contributed by atoms with Crippen LogP contribution in [-0.2, 0) is 0 Å². The first kappa shape index (κ1) is 13.6. The van der Waals surface area contributed by atoms with Crippen LogP contribution in [0, 0.1) is 0 Å². The molecule has 96 valence electrons. The van der Waals surface area contributed by atoms with Gasteiger partial charge in [0.1, 0.15) is 0 Å². The molecule has 2 aromatic rings. The normalized spacial score (nSPS) is 10.2. The van der Waals surface area contributed by atoms with Gasteiger partial charge in [0.15, 0.2) is 5.78 Å². The monoisotopic (exact) mass is 294 g/mol. The maximum Gasteiger partial charge on any atom is 0.336 e. The van der Waals surface area contributed by atoms with Crippen molar-refractivity contribution in [3.05, 3.63) is 69.2 Å². The van der Waals surface area contributed by atoms with Crippen LogP contribution in [-0.4, -0.2) is 16.9 Å². The maximum atomic E-state index is 12.3. The van der Waals surface area contributed by atoms with Crippen LogP contribution in [0.4, 0.5) is 0 Å². The molecule has 5 heteroatoms. The number of carboxylic acids is 1. The van der Waals surface area contributed by atoms with Crippen molar-refractivity contribution >= 4 is 35.0 Å². The van der Waals surface area contributed by atoms with E-state index in [1.807, 2.05) is 0 Å². The van der Waals surface area contributed by atoms with Crippen molar-refractivity contribution in [3.8, 4) is 0 Å². The summed E-state index contributed by atoms with van der Waals surface area (Å²) in [6.07, 6.45) is 0. The van der Waals surface area contributed by atoms with Gasteiger partial charge in [-0.25, -0.2) is 4.79 Å². The summed E-state index contributed by atoms with van der Waals surface area (Å²) in [7, 11) is 0. The zero-order chi connectivity index (χ0) is 14.0. The number of hydrogen-bond donors (Lipinski definition) is 1. The lowest BCUT2D eigenvalue weighted by Gasteiger charge is -2.06. The molecule has 0 heterocycles. The van der Waals surface area contributed by atoms with Gasteiger partial charge in [-0.1, -0.05) is 23.2 Å². The molecule has 2 aromatic carbocycles. The minimum absolute atomic E-state index is 0.0577. The molecule has 0 aromatic heterocycles. The van der Waals surface area contributed by atoms with E-state index >= 15 is 0 Å². The number of aromatic carboxylic acids is 1. The second kappa shape index (κ2) is 5.43. The molecule has 2 rings (SSSR count). The smallest absolute Gasteiger partial charge is 0.336 e. The van der Waals surface area contributed by atoms with Gasteiger partial charge in [-0.2, -0.15) is 0 Å². The topological polar surface area (TPSA) is 54.4 Å². The number of rotatable bonds is 3. The number of ketones is 1. The van der Waals surface area contributed by atoms with Gasteiger partial charge in [0.05, 0.1) is 5.56 Å². The third-order valence-corrected chi connectivity index (χ3v) is 3.05. The lowest BCUT2D eigenvalue weighted by atomic mass is 9.98. The van der Waals surface area contributed by atoms with E-state index in [0.717, 1.165) is 0 Å². The van der Waals surface area contributed by atoms with Crippen LogP contribution in [0.25, 0.3) is 0 Å². The lowest BCUT2D eigenvalue weighted by molar-refractivity contribution is 0.0693. The van der Waals surface area contributed by atoms with Gasteiger partial charge in [0.2, 0.25) is 0 Å². The van der Waals surface area contributed by atoms with Crippen LogP contribution < -0.4 is 0 Å². The number of halogens is 2. The third kappa shape index (κ3) is 2.95. The van der Waals surface area contributed by atoms with E-state index in [4.69, 9.17) is 28.3 Å². The van der Waals surface area contributed by atoms with Crippen LogP contribution in [0.1, 0.15) is 26.3 Å². The van der Waals surface area contributed by atoms with Crippen molar-refractivity contribution in [2.24, 2.45) is 0 Å². The van der Waals surface area contributed by atoms with Gasteiger partial charge in [-0.15, -0.1) is 0 Å². The average Bonchev–Trinajstić information content (AvgIpc) is 2.38. The van der Waals surface area contributed by atoms with Crippen LogP contribution in [0.15, 0.2) is 42.5 Å². The van der Waals surface area contributed by atoms with Crippen molar-refractivity contribution in [2.75, 3.05) is 0 Å². The summed E-state index contributed by atoms with van der Waals surface area (Å²) < 4.78 is 0. The Morgan fingerprint density at radius 3 is 2.00 bits per heavy atom. The third-order valence-electron chi connectivity index (χ3n) is 2.56. The first-order chi connectivity index (χ1) is 8.99. The second-order valence-corrected chi connectivity index (χ2v) is 4.70. The molecular weight excluding hydrogens is 287 g/mol. The molecule has 0 saturated heterocycles. The number of carbonyl (C=O) groups is 2.